The topological polar surface area (TPSA) is 49.9 Å². The molecule has 0 saturated carbocycles. The fraction of sp³-hybridized carbons (Fsp3) is 0.185. The number of carbonyl (C=O) groups excluding carboxylic acids is 2. The van der Waals surface area contributed by atoms with Gasteiger partial charge < -0.3 is 9.64 Å². The fourth-order valence-electron chi connectivity index (χ4n) is 3.55. The Labute approximate surface area is 198 Å². The van der Waals surface area contributed by atoms with Gasteiger partial charge in [0.2, 0.25) is 0 Å². The molecule has 1 aliphatic heterocycles. The number of imide groups is 1. The van der Waals surface area contributed by atoms with Crippen LogP contribution in [0.1, 0.15) is 18.9 Å². The Bertz CT molecular complexity index is 1190. The lowest BCUT2D eigenvalue weighted by atomic mass is 10.1. The minimum atomic E-state index is -0.323. The molecule has 0 atom stereocenters. The third-order valence-electron chi connectivity index (χ3n) is 5.22. The van der Waals surface area contributed by atoms with Gasteiger partial charge in [0.15, 0.2) is 0 Å². The summed E-state index contributed by atoms with van der Waals surface area (Å²) in [7, 11) is 3.85. The molecule has 0 aliphatic carbocycles. The molecule has 0 fully saturated rings. The predicted octanol–water partition coefficient (Wildman–Crippen LogP) is 5.62. The Morgan fingerprint density at radius 3 is 2.27 bits per heavy atom. The Morgan fingerprint density at radius 1 is 0.879 bits per heavy atom. The lowest BCUT2D eigenvalue weighted by Crippen LogP contribution is -2.31. The van der Waals surface area contributed by atoms with Crippen LogP contribution in [0.3, 0.4) is 0 Å². The highest BCUT2D eigenvalue weighted by Gasteiger charge is 2.40. The average molecular weight is 459 g/mol. The van der Waals surface area contributed by atoms with Crippen molar-refractivity contribution in [2.45, 2.75) is 18.2 Å². The van der Waals surface area contributed by atoms with Gasteiger partial charge in [-0.25, -0.2) is 4.90 Å². The monoisotopic (exact) mass is 458 g/mol. The molecule has 1 aliphatic rings. The Morgan fingerprint density at radius 2 is 1.61 bits per heavy atom. The van der Waals surface area contributed by atoms with E-state index in [0.29, 0.717) is 28.3 Å². The van der Waals surface area contributed by atoms with E-state index >= 15 is 0 Å². The number of hydrogen-bond acceptors (Lipinski definition) is 5. The first-order chi connectivity index (χ1) is 16.0. The molecule has 0 radical (unpaired) electrons. The van der Waals surface area contributed by atoms with Gasteiger partial charge in [-0.1, -0.05) is 55.1 Å². The summed E-state index contributed by atoms with van der Waals surface area (Å²) in [5, 5.41) is 0. The Balaban J connectivity index is 1.76. The number of hydrogen-bond donors (Lipinski definition) is 0. The van der Waals surface area contributed by atoms with Crippen molar-refractivity contribution in [2.24, 2.45) is 0 Å². The van der Waals surface area contributed by atoms with Gasteiger partial charge in [-0.2, -0.15) is 0 Å². The molecular formula is C27H26N2O3S. The smallest absolute Gasteiger partial charge is 0.272 e. The van der Waals surface area contributed by atoms with E-state index in [0.717, 1.165) is 22.8 Å². The summed E-state index contributed by atoms with van der Waals surface area (Å²) in [5.41, 5.74) is 2.57. The van der Waals surface area contributed by atoms with Crippen LogP contribution in [0.4, 0.5) is 11.4 Å². The number of carbonyl (C=O) groups is 2. The quantitative estimate of drug-likeness (QED) is 0.410. The third kappa shape index (κ3) is 4.81. The summed E-state index contributed by atoms with van der Waals surface area (Å²) in [4.78, 5) is 31.8. The number of anilines is 2. The molecule has 3 aromatic carbocycles. The zero-order valence-electron chi connectivity index (χ0n) is 18.9. The standard InChI is InChI=1S/C27H26N2O3S/c1-4-17-32-22-15-13-19(14-16-22)24-25(33-23-11-6-5-7-12-23)27(31)29(26(24)30)21-10-8-9-20(18-21)28(2)3/h5-16,18H,4,17H2,1-3H3. The molecule has 6 heteroatoms. The van der Waals surface area contributed by atoms with E-state index in [-0.39, 0.29) is 11.8 Å². The summed E-state index contributed by atoms with van der Waals surface area (Å²) in [6.45, 7) is 2.68. The maximum absolute atomic E-state index is 13.6. The normalized spacial score (nSPS) is 13.6. The summed E-state index contributed by atoms with van der Waals surface area (Å²) in [5.74, 6) is 0.105. The van der Waals surface area contributed by atoms with E-state index in [1.807, 2.05) is 91.8 Å². The van der Waals surface area contributed by atoms with Crippen molar-refractivity contribution in [1.82, 2.24) is 0 Å². The molecule has 5 nitrogen and oxygen atoms in total. The highest BCUT2D eigenvalue weighted by Crippen LogP contribution is 2.42. The lowest BCUT2D eigenvalue weighted by molar-refractivity contribution is -0.119. The highest BCUT2D eigenvalue weighted by molar-refractivity contribution is 8.04. The van der Waals surface area contributed by atoms with Crippen molar-refractivity contribution >= 4 is 40.5 Å². The lowest BCUT2D eigenvalue weighted by Gasteiger charge is -2.19. The molecule has 0 bridgehead atoms. The van der Waals surface area contributed by atoms with Gasteiger partial charge in [0, 0.05) is 24.7 Å². The molecular weight excluding hydrogens is 432 g/mol. The van der Waals surface area contributed by atoms with Gasteiger partial charge in [-0.05, 0) is 54.4 Å². The van der Waals surface area contributed by atoms with Crippen LogP contribution >= 0.6 is 11.8 Å². The number of thioether (sulfide) groups is 1. The highest BCUT2D eigenvalue weighted by atomic mass is 32.2. The van der Waals surface area contributed by atoms with Crippen LogP contribution in [0.25, 0.3) is 5.57 Å². The molecule has 0 saturated heterocycles. The molecule has 0 N–H and O–H groups in total. The van der Waals surface area contributed by atoms with E-state index in [9.17, 15) is 9.59 Å². The number of rotatable bonds is 8. The second-order valence-corrected chi connectivity index (χ2v) is 8.94. The molecule has 4 rings (SSSR count). The fourth-order valence-corrected chi connectivity index (χ4v) is 4.56. The van der Waals surface area contributed by atoms with Gasteiger partial charge in [-0.3, -0.25) is 9.59 Å². The van der Waals surface area contributed by atoms with Gasteiger partial charge in [0.05, 0.1) is 22.8 Å². The number of amides is 2. The Kier molecular flexibility index (Phi) is 6.84. The molecule has 33 heavy (non-hydrogen) atoms. The maximum atomic E-state index is 13.6. The van der Waals surface area contributed by atoms with Gasteiger partial charge in [0.1, 0.15) is 5.75 Å². The van der Waals surface area contributed by atoms with E-state index in [1.165, 1.54) is 16.7 Å². The molecule has 1 heterocycles. The summed E-state index contributed by atoms with van der Waals surface area (Å²) >= 11 is 1.32. The zero-order valence-corrected chi connectivity index (χ0v) is 19.8. The van der Waals surface area contributed by atoms with Crippen molar-refractivity contribution in [3.8, 4) is 5.75 Å². The molecule has 2 amide bonds. The number of benzene rings is 3. The minimum Gasteiger partial charge on any atom is -0.494 e. The van der Waals surface area contributed by atoms with Crippen molar-refractivity contribution in [3.63, 3.8) is 0 Å². The molecule has 168 valence electrons. The van der Waals surface area contributed by atoms with E-state index < -0.39 is 0 Å². The minimum absolute atomic E-state index is 0.314. The predicted molar refractivity (Wildman–Crippen MR) is 135 cm³/mol. The first-order valence-corrected chi connectivity index (χ1v) is 11.7. The third-order valence-corrected chi connectivity index (χ3v) is 6.32. The maximum Gasteiger partial charge on any atom is 0.272 e. The van der Waals surface area contributed by atoms with Crippen LogP contribution < -0.4 is 14.5 Å². The zero-order chi connectivity index (χ0) is 23.4. The van der Waals surface area contributed by atoms with Crippen LogP contribution in [0.5, 0.6) is 5.75 Å². The molecule has 3 aromatic rings. The van der Waals surface area contributed by atoms with Gasteiger partial charge in [-0.15, -0.1) is 0 Å². The van der Waals surface area contributed by atoms with Crippen LogP contribution in [-0.4, -0.2) is 32.5 Å². The van der Waals surface area contributed by atoms with E-state index in [2.05, 4.69) is 6.92 Å². The summed E-state index contributed by atoms with van der Waals surface area (Å²) in [6, 6.07) is 24.4. The van der Waals surface area contributed by atoms with Crippen LogP contribution in [-0.2, 0) is 9.59 Å². The van der Waals surface area contributed by atoms with Gasteiger partial charge >= 0.3 is 0 Å². The van der Waals surface area contributed by atoms with Crippen molar-refractivity contribution < 1.29 is 14.3 Å². The van der Waals surface area contributed by atoms with E-state index in [4.69, 9.17) is 4.74 Å². The SMILES string of the molecule is CCCOc1ccc(C2=C(Sc3ccccc3)C(=O)N(c3cccc(N(C)C)c3)C2=O)cc1. The first kappa shape index (κ1) is 22.7. The largest absolute Gasteiger partial charge is 0.494 e. The molecule has 0 aromatic heterocycles. The van der Waals surface area contributed by atoms with Crippen molar-refractivity contribution in [3.05, 3.63) is 89.3 Å². The first-order valence-electron chi connectivity index (χ1n) is 10.9. The van der Waals surface area contributed by atoms with Gasteiger partial charge in [0.25, 0.3) is 11.8 Å². The van der Waals surface area contributed by atoms with Crippen LogP contribution in [0, 0.1) is 0 Å². The number of ether oxygens (including phenoxy) is 1. The van der Waals surface area contributed by atoms with Crippen molar-refractivity contribution in [2.75, 3.05) is 30.5 Å². The van der Waals surface area contributed by atoms with Crippen LogP contribution in [0.15, 0.2) is 88.7 Å². The Hall–Kier alpha value is -3.51. The second-order valence-electron chi connectivity index (χ2n) is 7.85. The molecule has 0 spiro atoms. The van der Waals surface area contributed by atoms with Crippen LogP contribution in [0.2, 0.25) is 0 Å². The second kappa shape index (κ2) is 9.96. The van der Waals surface area contributed by atoms with Crippen molar-refractivity contribution in [1.29, 1.82) is 0 Å². The van der Waals surface area contributed by atoms with E-state index in [1.54, 1.807) is 6.07 Å². The number of nitrogens with zero attached hydrogens (tertiary/aromatic N) is 2. The summed E-state index contributed by atoms with van der Waals surface area (Å²) in [6.07, 6.45) is 0.915. The molecule has 0 unspecified atom stereocenters. The average Bonchev–Trinajstić information content (AvgIpc) is 3.08. The summed E-state index contributed by atoms with van der Waals surface area (Å²) < 4.78 is 5.68.